The van der Waals surface area contributed by atoms with E-state index in [1.54, 1.807) is 19.2 Å². The summed E-state index contributed by atoms with van der Waals surface area (Å²) in [6, 6.07) is 3.51. The topological polar surface area (TPSA) is 59.6 Å². The van der Waals surface area contributed by atoms with E-state index in [0.29, 0.717) is 23.0 Å². The van der Waals surface area contributed by atoms with Crippen LogP contribution in [0.3, 0.4) is 0 Å². The zero-order valence-electron chi connectivity index (χ0n) is 12.8. The van der Waals surface area contributed by atoms with Crippen LogP contribution in [0.4, 0.5) is 5.69 Å². The number of benzene rings is 1. The Balaban J connectivity index is 0.00000242. The number of ether oxygens (including phenoxy) is 2. The van der Waals surface area contributed by atoms with Gasteiger partial charge in [-0.1, -0.05) is 11.6 Å². The molecule has 0 saturated carbocycles. The number of carbonyl (C=O) groups is 1. The lowest BCUT2D eigenvalue weighted by Crippen LogP contribution is -2.33. The smallest absolute Gasteiger partial charge is 0.238 e. The molecular weight excluding hydrogens is 327 g/mol. The van der Waals surface area contributed by atoms with Crippen LogP contribution in [0.5, 0.6) is 5.75 Å². The lowest BCUT2D eigenvalue weighted by Gasteiger charge is -2.13. The van der Waals surface area contributed by atoms with Gasteiger partial charge in [-0.15, -0.1) is 12.4 Å². The van der Waals surface area contributed by atoms with Crippen LogP contribution >= 0.6 is 24.0 Å². The van der Waals surface area contributed by atoms with Crippen LogP contribution in [-0.4, -0.2) is 38.8 Å². The van der Waals surface area contributed by atoms with Crippen molar-refractivity contribution in [3.63, 3.8) is 0 Å². The zero-order valence-corrected chi connectivity index (χ0v) is 14.4. The van der Waals surface area contributed by atoms with Crippen molar-refractivity contribution < 1.29 is 14.3 Å². The van der Waals surface area contributed by atoms with E-state index in [1.807, 2.05) is 6.92 Å². The molecule has 1 saturated heterocycles. The molecule has 1 aromatic rings. The van der Waals surface area contributed by atoms with Gasteiger partial charge in [-0.3, -0.25) is 4.79 Å². The van der Waals surface area contributed by atoms with Crippen LogP contribution in [-0.2, 0) is 9.53 Å². The lowest BCUT2D eigenvalue weighted by atomic mass is 10.2. The largest absolute Gasteiger partial charge is 0.495 e. The first-order valence-electron chi connectivity index (χ1n) is 7.06. The number of amides is 1. The standard InChI is InChI=1S/C15H21ClN2O3.ClH/c1-10-6-13(14(20-2)7-12(10)16)18-15(19)9-17-8-11-4-3-5-21-11;/h6-7,11,17H,3-5,8-9H2,1-2H3,(H,18,19);1H. The van der Waals surface area contributed by atoms with Crippen LogP contribution in [0.2, 0.25) is 5.02 Å². The Morgan fingerprint density at radius 2 is 2.27 bits per heavy atom. The van der Waals surface area contributed by atoms with Crippen LogP contribution in [0.25, 0.3) is 0 Å². The molecule has 0 aliphatic carbocycles. The molecule has 1 atom stereocenters. The van der Waals surface area contributed by atoms with Crippen LogP contribution in [0, 0.1) is 6.92 Å². The lowest BCUT2D eigenvalue weighted by molar-refractivity contribution is -0.115. The van der Waals surface area contributed by atoms with Crippen molar-refractivity contribution in [1.82, 2.24) is 5.32 Å². The third-order valence-electron chi connectivity index (χ3n) is 3.44. The van der Waals surface area contributed by atoms with E-state index < -0.39 is 0 Å². The summed E-state index contributed by atoms with van der Waals surface area (Å²) < 4.78 is 10.7. The number of carbonyl (C=O) groups excluding carboxylic acids is 1. The molecule has 1 heterocycles. The van der Waals surface area contributed by atoms with Crippen molar-refractivity contribution in [2.45, 2.75) is 25.9 Å². The SMILES string of the molecule is COc1cc(Cl)c(C)cc1NC(=O)CNCC1CCCO1.Cl. The van der Waals surface area contributed by atoms with Gasteiger partial charge in [-0.25, -0.2) is 0 Å². The molecule has 1 aliphatic heterocycles. The summed E-state index contributed by atoms with van der Waals surface area (Å²) in [5.74, 6) is 0.436. The minimum atomic E-state index is -0.118. The number of hydrogen-bond donors (Lipinski definition) is 2. The number of rotatable bonds is 6. The summed E-state index contributed by atoms with van der Waals surface area (Å²) in [4.78, 5) is 11.9. The van der Waals surface area contributed by atoms with E-state index >= 15 is 0 Å². The predicted molar refractivity (Wildman–Crippen MR) is 90.5 cm³/mol. The molecule has 5 nitrogen and oxygen atoms in total. The fraction of sp³-hybridized carbons (Fsp3) is 0.533. The van der Waals surface area contributed by atoms with Gasteiger partial charge in [0.05, 0.1) is 25.4 Å². The monoisotopic (exact) mass is 348 g/mol. The fourth-order valence-electron chi connectivity index (χ4n) is 2.28. The Kier molecular flexibility index (Phi) is 7.96. The van der Waals surface area contributed by atoms with Crippen LogP contribution in [0.15, 0.2) is 12.1 Å². The van der Waals surface area contributed by atoms with Gasteiger partial charge >= 0.3 is 0 Å². The van der Waals surface area contributed by atoms with Gasteiger partial charge < -0.3 is 20.1 Å². The first kappa shape index (κ1) is 19.0. The normalized spacial score (nSPS) is 17.0. The van der Waals surface area contributed by atoms with E-state index in [9.17, 15) is 4.79 Å². The Morgan fingerprint density at radius 1 is 1.50 bits per heavy atom. The first-order chi connectivity index (χ1) is 10.1. The highest BCUT2D eigenvalue weighted by Gasteiger charge is 2.15. The maximum Gasteiger partial charge on any atom is 0.238 e. The average molecular weight is 349 g/mol. The number of methoxy groups -OCH3 is 1. The first-order valence-corrected chi connectivity index (χ1v) is 7.44. The van der Waals surface area contributed by atoms with Gasteiger partial charge in [-0.05, 0) is 31.4 Å². The third-order valence-corrected chi connectivity index (χ3v) is 3.84. The second-order valence-corrected chi connectivity index (χ2v) is 5.52. The summed E-state index contributed by atoms with van der Waals surface area (Å²) in [5.41, 5.74) is 1.52. The molecule has 0 radical (unpaired) electrons. The molecule has 0 bridgehead atoms. The minimum absolute atomic E-state index is 0. The highest BCUT2D eigenvalue weighted by molar-refractivity contribution is 6.31. The van der Waals surface area contributed by atoms with Crippen molar-refractivity contribution in [3.05, 3.63) is 22.7 Å². The maximum absolute atomic E-state index is 11.9. The van der Waals surface area contributed by atoms with Gasteiger partial charge in [0.15, 0.2) is 0 Å². The molecule has 1 unspecified atom stereocenters. The van der Waals surface area contributed by atoms with E-state index in [2.05, 4.69) is 10.6 Å². The van der Waals surface area contributed by atoms with Gasteiger partial charge in [0, 0.05) is 24.2 Å². The van der Waals surface area contributed by atoms with Gasteiger partial charge in [-0.2, -0.15) is 0 Å². The van der Waals surface area contributed by atoms with Crippen LogP contribution in [0.1, 0.15) is 18.4 Å². The van der Waals surface area contributed by atoms with Gasteiger partial charge in [0.1, 0.15) is 5.75 Å². The minimum Gasteiger partial charge on any atom is -0.495 e. The maximum atomic E-state index is 11.9. The Bertz CT molecular complexity index is 506. The summed E-state index contributed by atoms with van der Waals surface area (Å²) in [7, 11) is 1.55. The second-order valence-electron chi connectivity index (χ2n) is 5.12. The number of halogens is 2. The summed E-state index contributed by atoms with van der Waals surface area (Å²) in [6.07, 6.45) is 2.38. The summed E-state index contributed by atoms with van der Waals surface area (Å²) in [6.45, 7) is 3.64. The molecular formula is C15H22Cl2N2O3. The van der Waals surface area contributed by atoms with E-state index in [-0.39, 0.29) is 31.0 Å². The molecule has 22 heavy (non-hydrogen) atoms. The Hall–Kier alpha value is -1.01. The highest BCUT2D eigenvalue weighted by atomic mass is 35.5. The van der Waals surface area contributed by atoms with Crippen LogP contribution < -0.4 is 15.4 Å². The average Bonchev–Trinajstić information content (AvgIpc) is 2.96. The molecule has 1 aliphatic rings. The molecule has 2 rings (SSSR count). The van der Waals surface area contributed by atoms with E-state index in [1.165, 1.54) is 0 Å². The Labute approximate surface area is 142 Å². The van der Waals surface area contributed by atoms with Crippen molar-refractivity contribution in [3.8, 4) is 5.75 Å². The van der Waals surface area contributed by atoms with Crippen molar-refractivity contribution in [1.29, 1.82) is 0 Å². The Morgan fingerprint density at radius 3 is 2.91 bits per heavy atom. The van der Waals surface area contributed by atoms with Gasteiger partial charge in [0.2, 0.25) is 5.91 Å². The van der Waals surface area contributed by atoms with Crippen molar-refractivity contribution >= 4 is 35.6 Å². The van der Waals surface area contributed by atoms with Crippen molar-refractivity contribution in [2.75, 3.05) is 32.1 Å². The fourth-order valence-corrected chi connectivity index (χ4v) is 2.43. The quantitative estimate of drug-likeness (QED) is 0.829. The molecule has 1 aromatic carbocycles. The second kappa shape index (κ2) is 9.20. The molecule has 1 fully saturated rings. The molecule has 0 spiro atoms. The number of anilines is 1. The van der Waals surface area contributed by atoms with E-state index in [4.69, 9.17) is 21.1 Å². The number of aryl methyl sites for hydroxylation is 1. The predicted octanol–water partition coefficient (Wildman–Crippen LogP) is 2.79. The summed E-state index contributed by atoms with van der Waals surface area (Å²) >= 11 is 6.04. The molecule has 0 aromatic heterocycles. The molecule has 7 heteroatoms. The molecule has 1 amide bonds. The molecule has 124 valence electrons. The van der Waals surface area contributed by atoms with Crippen molar-refractivity contribution in [2.24, 2.45) is 0 Å². The molecule has 2 N–H and O–H groups in total. The third kappa shape index (κ3) is 5.32. The zero-order chi connectivity index (χ0) is 15.2. The van der Waals surface area contributed by atoms with Gasteiger partial charge in [0.25, 0.3) is 0 Å². The van der Waals surface area contributed by atoms with E-state index in [0.717, 1.165) is 25.0 Å². The number of hydrogen-bond acceptors (Lipinski definition) is 4. The highest BCUT2D eigenvalue weighted by Crippen LogP contribution is 2.30. The summed E-state index contributed by atoms with van der Waals surface area (Å²) in [5, 5.41) is 6.55. The number of nitrogens with one attached hydrogen (secondary N) is 2.